The van der Waals surface area contributed by atoms with E-state index in [4.69, 9.17) is 14.6 Å². The predicted molar refractivity (Wildman–Crippen MR) is 100 cm³/mol. The number of methoxy groups -OCH3 is 1. The van der Waals surface area contributed by atoms with E-state index in [9.17, 15) is 9.59 Å². The number of urea groups is 1. The molecule has 7 nitrogen and oxygen atoms in total. The van der Waals surface area contributed by atoms with Gasteiger partial charge in [0.1, 0.15) is 5.75 Å². The minimum atomic E-state index is -0.791. The Labute approximate surface area is 157 Å². The molecule has 1 aliphatic rings. The van der Waals surface area contributed by atoms with E-state index in [1.54, 1.807) is 36.3 Å². The summed E-state index contributed by atoms with van der Waals surface area (Å²) in [5.74, 6) is 0.721. The molecule has 142 valence electrons. The van der Waals surface area contributed by atoms with Crippen molar-refractivity contribution in [3.63, 3.8) is 0 Å². The summed E-state index contributed by atoms with van der Waals surface area (Å²) in [5, 5.41) is 11.9. The van der Waals surface area contributed by atoms with Gasteiger partial charge in [-0.3, -0.25) is 4.79 Å². The number of nitrogens with one attached hydrogen (secondary N) is 1. The van der Waals surface area contributed by atoms with Gasteiger partial charge in [0.25, 0.3) is 0 Å². The second-order valence-corrected chi connectivity index (χ2v) is 6.31. The number of benzene rings is 2. The number of para-hydroxylation sites is 2. The van der Waals surface area contributed by atoms with Crippen molar-refractivity contribution in [2.24, 2.45) is 5.92 Å². The molecule has 3 rings (SSSR count). The maximum atomic E-state index is 12.3. The first kappa shape index (κ1) is 18.6. The van der Waals surface area contributed by atoms with Gasteiger partial charge in [-0.05, 0) is 49.2 Å². The van der Waals surface area contributed by atoms with Crippen molar-refractivity contribution in [1.82, 2.24) is 4.90 Å². The maximum Gasteiger partial charge on any atom is 0.321 e. The molecule has 0 radical (unpaired) electrons. The molecule has 0 bridgehead atoms. The Morgan fingerprint density at radius 1 is 1.04 bits per heavy atom. The number of carbonyl (C=O) groups excluding carboxylic acids is 1. The number of anilines is 1. The van der Waals surface area contributed by atoms with Crippen LogP contribution in [-0.2, 0) is 4.79 Å². The summed E-state index contributed by atoms with van der Waals surface area (Å²) < 4.78 is 11.1. The van der Waals surface area contributed by atoms with Crippen LogP contribution in [0.5, 0.6) is 17.2 Å². The van der Waals surface area contributed by atoms with Gasteiger partial charge < -0.3 is 24.8 Å². The molecule has 0 saturated carbocycles. The molecule has 2 amide bonds. The number of rotatable bonds is 5. The van der Waals surface area contributed by atoms with Gasteiger partial charge in [-0.15, -0.1) is 0 Å². The zero-order chi connectivity index (χ0) is 19.2. The molecule has 1 saturated heterocycles. The van der Waals surface area contributed by atoms with E-state index in [1.165, 1.54) is 0 Å². The van der Waals surface area contributed by atoms with Crippen molar-refractivity contribution >= 4 is 17.7 Å². The molecule has 0 unspecified atom stereocenters. The highest BCUT2D eigenvalue weighted by Crippen LogP contribution is 2.31. The number of ether oxygens (including phenoxy) is 2. The monoisotopic (exact) mass is 370 g/mol. The van der Waals surface area contributed by atoms with Crippen molar-refractivity contribution < 1.29 is 24.2 Å². The maximum absolute atomic E-state index is 12.3. The third-order valence-corrected chi connectivity index (χ3v) is 4.53. The molecular formula is C20H22N2O5. The van der Waals surface area contributed by atoms with Gasteiger partial charge in [0, 0.05) is 18.8 Å². The number of piperidine rings is 1. The number of hydrogen-bond donors (Lipinski definition) is 2. The standard InChI is InChI=1S/C20H22N2O5/c1-26-17-4-2-3-5-18(17)27-16-8-6-15(7-9-16)21-20(25)22-12-10-14(11-13-22)19(23)24/h2-9,14H,10-13H2,1H3,(H,21,25)(H,23,24). The molecule has 27 heavy (non-hydrogen) atoms. The molecule has 2 aromatic carbocycles. The lowest BCUT2D eigenvalue weighted by molar-refractivity contribution is -0.143. The van der Waals surface area contributed by atoms with Gasteiger partial charge >= 0.3 is 12.0 Å². The van der Waals surface area contributed by atoms with Crippen molar-refractivity contribution in [1.29, 1.82) is 0 Å². The zero-order valence-electron chi connectivity index (χ0n) is 15.1. The zero-order valence-corrected chi connectivity index (χ0v) is 15.1. The van der Waals surface area contributed by atoms with Crippen LogP contribution in [0.25, 0.3) is 0 Å². The molecule has 0 aromatic heterocycles. The van der Waals surface area contributed by atoms with Crippen LogP contribution in [0.3, 0.4) is 0 Å². The van der Waals surface area contributed by atoms with Crippen LogP contribution in [0.2, 0.25) is 0 Å². The van der Waals surface area contributed by atoms with Crippen molar-refractivity contribution in [3.8, 4) is 17.2 Å². The van der Waals surface area contributed by atoms with Gasteiger partial charge in [-0.2, -0.15) is 0 Å². The number of likely N-dealkylation sites (tertiary alicyclic amines) is 1. The number of aliphatic carboxylic acids is 1. The molecule has 0 aliphatic carbocycles. The molecule has 1 fully saturated rings. The molecular weight excluding hydrogens is 348 g/mol. The summed E-state index contributed by atoms with van der Waals surface area (Å²) in [4.78, 5) is 24.9. The summed E-state index contributed by atoms with van der Waals surface area (Å²) >= 11 is 0. The smallest absolute Gasteiger partial charge is 0.321 e. The summed E-state index contributed by atoms with van der Waals surface area (Å²) in [5.41, 5.74) is 0.646. The van der Waals surface area contributed by atoms with Crippen LogP contribution in [0, 0.1) is 5.92 Å². The number of hydrogen-bond acceptors (Lipinski definition) is 4. The van der Waals surface area contributed by atoms with Crippen LogP contribution in [0.15, 0.2) is 48.5 Å². The molecule has 0 spiro atoms. The van der Waals surface area contributed by atoms with Crippen LogP contribution in [0.1, 0.15) is 12.8 Å². The van der Waals surface area contributed by atoms with Crippen molar-refractivity contribution in [2.45, 2.75) is 12.8 Å². The summed E-state index contributed by atoms with van der Waals surface area (Å²) in [6, 6.07) is 14.2. The second-order valence-electron chi connectivity index (χ2n) is 6.31. The lowest BCUT2D eigenvalue weighted by Gasteiger charge is -2.30. The summed E-state index contributed by atoms with van der Waals surface area (Å²) in [7, 11) is 1.58. The number of nitrogens with zero attached hydrogens (tertiary/aromatic N) is 1. The second kappa shape index (κ2) is 8.44. The van der Waals surface area contributed by atoms with Gasteiger partial charge in [0.05, 0.1) is 13.0 Å². The van der Waals surface area contributed by atoms with E-state index in [2.05, 4.69) is 5.32 Å². The Balaban J connectivity index is 1.56. The number of amides is 2. The van der Waals surface area contributed by atoms with E-state index < -0.39 is 5.97 Å². The van der Waals surface area contributed by atoms with Gasteiger partial charge in [-0.1, -0.05) is 12.1 Å². The van der Waals surface area contributed by atoms with E-state index in [-0.39, 0.29) is 11.9 Å². The van der Waals surface area contributed by atoms with Crippen LogP contribution >= 0.6 is 0 Å². The fraction of sp³-hybridized carbons (Fsp3) is 0.300. The Kier molecular flexibility index (Phi) is 5.80. The van der Waals surface area contributed by atoms with E-state index in [0.29, 0.717) is 48.9 Å². The lowest BCUT2D eigenvalue weighted by Crippen LogP contribution is -2.42. The Hall–Kier alpha value is -3.22. The molecule has 2 aromatic rings. The highest BCUT2D eigenvalue weighted by molar-refractivity contribution is 5.89. The quantitative estimate of drug-likeness (QED) is 0.835. The van der Waals surface area contributed by atoms with Gasteiger partial charge in [0.15, 0.2) is 11.5 Å². The van der Waals surface area contributed by atoms with Crippen molar-refractivity contribution in [3.05, 3.63) is 48.5 Å². The van der Waals surface area contributed by atoms with Gasteiger partial charge in [-0.25, -0.2) is 4.79 Å². The average Bonchev–Trinajstić information content (AvgIpc) is 2.70. The predicted octanol–water partition coefficient (Wildman–Crippen LogP) is 3.82. The SMILES string of the molecule is COc1ccccc1Oc1ccc(NC(=O)N2CCC(C(=O)O)CC2)cc1. The number of carboxylic acid groups (broad SMARTS) is 1. The minimum Gasteiger partial charge on any atom is -0.493 e. The van der Waals surface area contributed by atoms with Gasteiger partial charge in [0.2, 0.25) is 0 Å². The topological polar surface area (TPSA) is 88.1 Å². The van der Waals surface area contributed by atoms with E-state index in [0.717, 1.165) is 0 Å². The first-order valence-corrected chi connectivity index (χ1v) is 8.76. The van der Waals surface area contributed by atoms with Crippen LogP contribution in [-0.4, -0.2) is 42.2 Å². The largest absolute Gasteiger partial charge is 0.493 e. The molecule has 7 heteroatoms. The van der Waals surface area contributed by atoms with Crippen LogP contribution < -0.4 is 14.8 Å². The summed E-state index contributed by atoms with van der Waals surface area (Å²) in [6.07, 6.45) is 0.961. The van der Waals surface area contributed by atoms with Crippen LogP contribution in [0.4, 0.5) is 10.5 Å². The number of carbonyl (C=O) groups is 2. The average molecular weight is 370 g/mol. The van der Waals surface area contributed by atoms with E-state index >= 15 is 0 Å². The van der Waals surface area contributed by atoms with Crippen molar-refractivity contribution in [2.75, 3.05) is 25.5 Å². The Morgan fingerprint density at radius 2 is 1.67 bits per heavy atom. The Bertz CT molecular complexity index is 798. The highest BCUT2D eigenvalue weighted by atomic mass is 16.5. The highest BCUT2D eigenvalue weighted by Gasteiger charge is 2.26. The number of carboxylic acids is 1. The van der Waals surface area contributed by atoms with E-state index in [1.807, 2.05) is 24.3 Å². The molecule has 1 aliphatic heterocycles. The first-order chi connectivity index (χ1) is 13.1. The third-order valence-electron chi connectivity index (χ3n) is 4.53. The normalized spacial score (nSPS) is 14.5. The minimum absolute atomic E-state index is 0.225. The lowest BCUT2D eigenvalue weighted by atomic mass is 9.97. The third kappa shape index (κ3) is 4.69. The summed E-state index contributed by atoms with van der Waals surface area (Å²) in [6.45, 7) is 0.885. The first-order valence-electron chi connectivity index (χ1n) is 8.76. The molecule has 2 N–H and O–H groups in total. The molecule has 0 atom stereocenters. The Morgan fingerprint density at radius 3 is 2.26 bits per heavy atom. The fourth-order valence-electron chi connectivity index (χ4n) is 2.97. The molecule has 1 heterocycles. The fourth-order valence-corrected chi connectivity index (χ4v) is 2.97.